The van der Waals surface area contributed by atoms with Crippen molar-refractivity contribution in [3.63, 3.8) is 0 Å². The van der Waals surface area contributed by atoms with E-state index in [4.69, 9.17) is 5.11 Å². The number of nitrogens with zero attached hydrogens (tertiary/aromatic N) is 1. The molecule has 1 aliphatic heterocycles. The van der Waals surface area contributed by atoms with Gasteiger partial charge < -0.3 is 5.11 Å². The summed E-state index contributed by atoms with van der Waals surface area (Å²) in [6.45, 7) is 2.97. The lowest BCUT2D eigenvalue weighted by Gasteiger charge is -2.31. The van der Waals surface area contributed by atoms with E-state index in [2.05, 4.69) is 47.4 Å². The molecule has 3 heteroatoms. The molecule has 1 fully saturated rings. The Bertz CT molecular complexity index is 630. The lowest BCUT2D eigenvalue weighted by atomic mass is 9.93. The minimum atomic E-state index is -0.664. The van der Waals surface area contributed by atoms with Gasteiger partial charge in [-0.05, 0) is 54.3 Å². The van der Waals surface area contributed by atoms with Crippen LogP contribution < -0.4 is 0 Å². The molecule has 0 atom stereocenters. The van der Waals surface area contributed by atoms with Crippen LogP contribution in [0.15, 0.2) is 42.5 Å². The van der Waals surface area contributed by atoms with Crippen LogP contribution in [0, 0.1) is 5.92 Å². The van der Waals surface area contributed by atoms with E-state index in [1.807, 2.05) is 0 Å². The van der Waals surface area contributed by atoms with E-state index in [1.54, 1.807) is 0 Å². The Labute approximate surface area is 125 Å². The van der Waals surface area contributed by atoms with Crippen LogP contribution in [-0.4, -0.2) is 29.1 Å². The molecule has 1 saturated heterocycles. The maximum atomic E-state index is 10.8. The monoisotopic (exact) mass is 283 g/mol. The predicted octanol–water partition coefficient (Wildman–Crippen LogP) is 3.53. The quantitative estimate of drug-likeness (QED) is 0.933. The number of fused-ring (bicyclic) bond motifs is 1. The van der Waals surface area contributed by atoms with E-state index in [-0.39, 0.29) is 0 Å². The number of likely N-dealkylation sites (tertiary alicyclic amines) is 1. The Morgan fingerprint density at radius 1 is 1.10 bits per heavy atom. The topological polar surface area (TPSA) is 40.5 Å². The molecule has 1 aliphatic rings. The van der Waals surface area contributed by atoms with Gasteiger partial charge in [-0.1, -0.05) is 36.4 Å². The molecule has 0 amide bonds. The third-order valence-electron chi connectivity index (χ3n) is 4.39. The number of hydrogen-bond acceptors (Lipinski definition) is 2. The van der Waals surface area contributed by atoms with E-state index < -0.39 is 5.97 Å². The molecule has 2 aromatic carbocycles. The van der Waals surface area contributed by atoms with E-state index in [0.717, 1.165) is 32.5 Å². The first kappa shape index (κ1) is 14.1. The van der Waals surface area contributed by atoms with Crippen molar-refractivity contribution in [3.05, 3.63) is 48.0 Å². The van der Waals surface area contributed by atoms with Crippen LogP contribution in [0.1, 0.15) is 24.8 Å². The first-order chi connectivity index (χ1) is 10.2. The smallest absolute Gasteiger partial charge is 0.303 e. The molecule has 0 spiro atoms. The maximum absolute atomic E-state index is 10.8. The van der Waals surface area contributed by atoms with Crippen LogP contribution >= 0.6 is 0 Å². The number of carboxylic acid groups (broad SMARTS) is 1. The molecular weight excluding hydrogens is 262 g/mol. The van der Waals surface area contributed by atoms with Crippen molar-refractivity contribution in [1.29, 1.82) is 0 Å². The summed E-state index contributed by atoms with van der Waals surface area (Å²) in [7, 11) is 0. The first-order valence-corrected chi connectivity index (χ1v) is 7.62. The van der Waals surface area contributed by atoms with Crippen molar-refractivity contribution in [3.8, 4) is 0 Å². The zero-order valence-corrected chi connectivity index (χ0v) is 12.2. The average Bonchev–Trinajstić information content (AvgIpc) is 2.49. The second kappa shape index (κ2) is 6.27. The Morgan fingerprint density at radius 2 is 1.81 bits per heavy atom. The minimum absolute atomic E-state index is 0.323. The first-order valence-electron chi connectivity index (χ1n) is 7.62. The highest BCUT2D eigenvalue weighted by atomic mass is 16.4. The van der Waals surface area contributed by atoms with Crippen LogP contribution in [0.2, 0.25) is 0 Å². The molecule has 110 valence electrons. The molecule has 0 radical (unpaired) electrons. The van der Waals surface area contributed by atoms with Gasteiger partial charge in [-0.25, -0.2) is 0 Å². The van der Waals surface area contributed by atoms with Gasteiger partial charge in [0.1, 0.15) is 0 Å². The summed E-state index contributed by atoms with van der Waals surface area (Å²) in [4.78, 5) is 13.2. The van der Waals surface area contributed by atoms with E-state index >= 15 is 0 Å². The Balaban J connectivity index is 1.60. The number of carbonyl (C=O) groups is 1. The molecule has 2 aromatic rings. The van der Waals surface area contributed by atoms with Crippen LogP contribution in [-0.2, 0) is 11.3 Å². The van der Waals surface area contributed by atoms with Crippen molar-refractivity contribution in [2.75, 3.05) is 13.1 Å². The van der Waals surface area contributed by atoms with Crippen molar-refractivity contribution in [2.24, 2.45) is 5.92 Å². The Hall–Kier alpha value is -1.87. The standard InChI is InChI=1S/C18H21NO2/c20-18(21)12-14-7-9-19(10-8-14)13-15-5-6-16-3-1-2-4-17(16)11-15/h1-6,11,14H,7-10,12-13H2,(H,20,21). The summed E-state index contributed by atoms with van der Waals surface area (Å²) in [5.41, 5.74) is 1.34. The summed E-state index contributed by atoms with van der Waals surface area (Å²) in [6.07, 6.45) is 2.32. The number of benzene rings is 2. The fraction of sp³-hybridized carbons (Fsp3) is 0.389. The molecule has 3 rings (SSSR count). The SMILES string of the molecule is O=C(O)CC1CCN(Cc2ccc3ccccc3c2)CC1. The van der Waals surface area contributed by atoms with Gasteiger partial charge in [0.25, 0.3) is 0 Å². The fourth-order valence-corrected chi connectivity index (χ4v) is 3.19. The van der Waals surface area contributed by atoms with Gasteiger partial charge in [0.2, 0.25) is 0 Å². The average molecular weight is 283 g/mol. The zero-order valence-electron chi connectivity index (χ0n) is 12.2. The molecule has 0 aliphatic carbocycles. The van der Waals surface area contributed by atoms with Crippen molar-refractivity contribution < 1.29 is 9.90 Å². The molecule has 1 heterocycles. The fourth-order valence-electron chi connectivity index (χ4n) is 3.19. The molecule has 0 unspecified atom stereocenters. The van der Waals surface area contributed by atoms with Crippen molar-refractivity contribution in [2.45, 2.75) is 25.8 Å². The molecular formula is C18H21NO2. The summed E-state index contributed by atoms with van der Waals surface area (Å²) in [5.74, 6) is -0.307. The lowest BCUT2D eigenvalue weighted by Crippen LogP contribution is -2.33. The molecule has 3 nitrogen and oxygen atoms in total. The lowest BCUT2D eigenvalue weighted by molar-refractivity contribution is -0.138. The van der Waals surface area contributed by atoms with Crippen LogP contribution in [0.5, 0.6) is 0 Å². The Morgan fingerprint density at radius 3 is 2.52 bits per heavy atom. The Kier molecular flexibility index (Phi) is 4.20. The van der Waals surface area contributed by atoms with Crippen molar-refractivity contribution >= 4 is 16.7 Å². The van der Waals surface area contributed by atoms with Gasteiger partial charge in [-0.3, -0.25) is 9.69 Å². The zero-order chi connectivity index (χ0) is 14.7. The third kappa shape index (κ3) is 3.61. The maximum Gasteiger partial charge on any atom is 0.303 e. The van der Waals surface area contributed by atoms with Crippen molar-refractivity contribution in [1.82, 2.24) is 4.90 Å². The van der Waals surface area contributed by atoms with Gasteiger partial charge in [0.15, 0.2) is 0 Å². The number of piperidine rings is 1. The summed E-state index contributed by atoms with van der Waals surface area (Å²) >= 11 is 0. The normalized spacial score (nSPS) is 17.1. The van der Waals surface area contributed by atoms with E-state index in [9.17, 15) is 4.79 Å². The second-order valence-electron chi connectivity index (χ2n) is 6.00. The van der Waals surface area contributed by atoms with Crippen LogP contribution in [0.4, 0.5) is 0 Å². The predicted molar refractivity (Wildman–Crippen MR) is 84.2 cm³/mol. The summed E-state index contributed by atoms with van der Waals surface area (Å²) in [6, 6.07) is 15.1. The highest BCUT2D eigenvalue weighted by molar-refractivity contribution is 5.82. The van der Waals surface area contributed by atoms with Crippen LogP contribution in [0.3, 0.4) is 0 Å². The number of carboxylic acids is 1. The highest BCUT2D eigenvalue weighted by Gasteiger charge is 2.21. The van der Waals surface area contributed by atoms with Gasteiger partial charge in [0, 0.05) is 13.0 Å². The summed E-state index contributed by atoms with van der Waals surface area (Å²) in [5, 5.41) is 11.4. The van der Waals surface area contributed by atoms with E-state index in [1.165, 1.54) is 16.3 Å². The second-order valence-corrected chi connectivity index (χ2v) is 6.00. The van der Waals surface area contributed by atoms with Gasteiger partial charge in [-0.15, -0.1) is 0 Å². The van der Waals surface area contributed by atoms with Gasteiger partial charge in [0.05, 0.1) is 0 Å². The molecule has 0 bridgehead atoms. The van der Waals surface area contributed by atoms with Crippen LogP contribution in [0.25, 0.3) is 10.8 Å². The molecule has 21 heavy (non-hydrogen) atoms. The van der Waals surface area contributed by atoms with E-state index in [0.29, 0.717) is 12.3 Å². The third-order valence-corrected chi connectivity index (χ3v) is 4.39. The van der Waals surface area contributed by atoms with Gasteiger partial charge >= 0.3 is 5.97 Å². The van der Waals surface area contributed by atoms with Gasteiger partial charge in [-0.2, -0.15) is 0 Å². The number of aliphatic carboxylic acids is 1. The highest BCUT2D eigenvalue weighted by Crippen LogP contribution is 2.23. The molecule has 1 N–H and O–H groups in total. The molecule has 0 saturated carbocycles. The number of rotatable bonds is 4. The number of hydrogen-bond donors (Lipinski definition) is 1. The minimum Gasteiger partial charge on any atom is -0.481 e. The largest absolute Gasteiger partial charge is 0.481 e. The molecule has 0 aromatic heterocycles. The summed E-state index contributed by atoms with van der Waals surface area (Å²) < 4.78 is 0.